The van der Waals surface area contributed by atoms with Gasteiger partial charge in [-0.05, 0) is 54.7 Å². The fraction of sp³-hybridized carbons (Fsp3) is 0.231. The summed E-state index contributed by atoms with van der Waals surface area (Å²) in [7, 11) is 0. The number of amides is 2. The van der Waals surface area contributed by atoms with E-state index >= 15 is 0 Å². The third-order valence-corrected chi connectivity index (χ3v) is 6.89. The molecule has 0 aromatic heterocycles. The molecule has 31 heavy (non-hydrogen) atoms. The second-order valence-electron chi connectivity index (χ2n) is 7.83. The molecule has 1 heterocycles. The van der Waals surface area contributed by atoms with Crippen molar-refractivity contribution in [3.8, 4) is 0 Å². The Hall–Kier alpha value is -3.05. The molecule has 0 unspecified atom stereocenters. The number of nitrogens with zero attached hydrogens (tertiary/aromatic N) is 1. The molecule has 3 aromatic carbocycles. The van der Waals surface area contributed by atoms with Crippen LogP contribution in [0.25, 0.3) is 0 Å². The summed E-state index contributed by atoms with van der Waals surface area (Å²) < 4.78 is 0. The maximum absolute atomic E-state index is 12.7. The smallest absolute Gasteiger partial charge is 0.255 e. The topological polar surface area (TPSA) is 49.4 Å². The Balaban J connectivity index is 1.45. The first-order chi connectivity index (χ1) is 15.0. The highest BCUT2D eigenvalue weighted by atomic mass is 32.2. The van der Waals surface area contributed by atoms with Gasteiger partial charge in [0.05, 0.1) is 5.75 Å². The second kappa shape index (κ2) is 9.40. The van der Waals surface area contributed by atoms with Crippen molar-refractivity contribution in [2.24, 2.45) is 0 Å². The molecule has 1 atom stereocenters. The molecular weight excluding hydrogens is 404 g/mol. The highest BCUT2D eigenvalue weighted by molar-refractivity contribution is 8.00. The van der Waals surface area contributed by atoms with Gasteiger partial charge in [-0.3, -0.25) is 9.59 Å². The Kier molecular flexibility index (Phi) is 6.42. The summed E-state index contributed by atoms with van der Waals surface area (Å²) in [6.45, 7) is 4.67. The first kappa shape index (κ1) is 21.2. The lowest BCUT2D eigenvalue weighted by Crippen LogP contribution is -2.30. The summed E-state index contributed by atoms with van der Waals surface area (Å²) in [5, 5.41) is 3.02. The lowest BCUT2D eigenvalue weighted by Gasteiger charge is -2.24. The molecule has 1 N–H and O–H groups in total. The SMILES string of the molecule is Cc1cccc(C)c1NC(=O)c1ccc([C@H]2SCC(=O)N2CCc2ccccc2)cc1. The number of nitrogens with one attached hydrogen (secondary N) is 1. The summed E-state index contributed by atoms with van der Waals surface area (Å²) in [5.74, 6) is 0.539. The van der Waals surface area contributed by atoms with Crippen molar-refractivity contribution in [1.29, 1.82) is 0 Å². The van der Waals surface area contributed by atoms with Crippen LogP contribution in [0.1, 0.15) is 38.0 Å². The van der Waals surface area contributed by atoms with Crippen LogP contribution in [-0.2, 0) is 11.2 Å². The van der Waals surface area contributed by atoms with Gasteiger partial charge in [0.15, 0.2) is 0 Å². The highest BCUT2D eigenvalue weighted by Crippen LogP contribution is 2.38. The van der Waals surface area contributed by atoms with Crippen molar-refractivity contribution >= 4 is 29.3 Å². The average molecular weight is 431 g/mol. The zero-order chi connectivity index (χ0) is 21.8. The van der Waals surface area contributed by atoms with Gasteiger partial charge in [-0.2, -0.15) is 0 Å². The van der Waals surface area contributed by atoms with Crippen molar-refractivity contribution in [2.75, 3.05) is 17.6 Å². The van der Waals surface area contributed by atoms with Crippen LogP contribution in [0.2, 0.25) is 0 Å². The zero-order valence-electron chi connectivity index (χ0n) is 17.8. The van der Waals surface area contributed by atoms with Crippen molar-refractivity contribution in [3.05, 3.63) is 101 Å². The minimum absolute atomic E-state index is 0.00747. The van der Waals surface area contributed by atoms with Crippen molar-refractivity contribution in [1.82, 2.24) is 4.90 Å². The standard InChI is InChI=1S/C26H26N2O2S/c1-18-7-6-8-19(2)24(18)27-25(30)21-11-13-22(14-12-21)26-28(23(29)17-31-26)16-15-20-9-4-3-5-10-20/h3-14,26H,15-17H2,1-2H3,(H,27,30)/t26-/m1/s1. The molecule has 2 amide bonds. The molecule has 1 aliphatic heterocycles. The third kappa shape index (κ3) is 4.83. The van der Waals surface area contributed by atoms with Gasteiger partial charge in [-0.1, -0.05) is 60.7 Å². The molecule has 3 aromatic rings. The maximum Gasteiger partial charge on any atom is 0.255 e. The zero-order valence-corrected chi connectivity index (χ0v) is 18.6. The first-order valence-corrected chi connectivity index (χ1v) is 11.5. The Labute approximate surface area is 187 Å². The molecule has 0 spiro atoms. The lowest BCUT2D eigenvalue weighted by atomic mass is 10.1. The molecule has 1 saturated heterocycles. The number of hydrogen-bond acceptors (Lipinski definition) is 3. The molecule has 158 valence electrons. The number of para-hydroxylation sites is 1. The summed E-state index contributed by atoms with van der Waals surface area (Å²) in [5.41, 5.74) is 5.83. The molecule has 5 heteroatoms. The van der Waals surface area contributed by atoms with Gasteiger partial charge >= 0.3 is 0 Å². The second-order valence-corrected chi connectivity index (χ2v) is 8.90. The van der Waals surface area contributed by atoms with E-state index in [1.165, 1.54) is 5.56 Å². The van der Waals surface area contributed by atoms with Gasteiger partial charge in [0, 0.05) is 17.8 Å². The van der Waals surface area contributed by atoms with Gasteiger partial charge in [0.2, 0.25) is 5.91 Å². The van der Waals surface area contributed by atoms with E-state index < -0.39 is 0 Å². The van der Waals surface area contributed by atoms with E-state index in [1.54, 1.807) is 11.8 Å². The number of aryl methyl sites for hydroxylation is 2. The van der Waals surface area contributed by atoms with Crippen molar-refractivity contribution < 1.29 is 9.59 Å². The molecule has 0 saturated carbocycles. The summed E-state index contributed by atoms with van der Waals surface area (Å²) in [4.78, 5) is 27.2. The fourth-order valence-corrected chi connectivity index (χ4v) is 5.08. The van der Waals surface area contributed by atoms with Gasteiger partial charge in [0.1, 0.15) is 5.37 Å². The van der Waals surface area contributed by atoms with E-state index in [2.05, 4.69) is 17.4 Å². The molecule has 0 bridgehead atoms. The highest BCUT2D eigenvalue weighted by Gasteiger charge is 2.32. The van der Waals surface area contributed by atoms with Crippen LogP contribution in [0.5, 0.6) is 0 Å². The van der Waals surface area contributed by atoms with Gasteiger partial charge < -0.3 is 10.2 Å². The molecule has 4 nitrogen and oxygen atoms in total. The van der Waals surface area contributed by atoms with Crippen LogP contribution in [0, 0.1) is 13.8 Å². The van der Waals surface area contributed by atoms with Gasteiger partial charge in [0.25, 0.3) is 5.91 Å². The molecule has 1 aliphatic rings. The average Bonchev–Trinajstić information content (AvgIpc) is 3.16. The van der Waals surface area contributed by atoms with Crippen LogP contribution in [0.3, 0.4) is 0 Å². The fourth-order valence-electron chi connectivity index (χ4n) is 3.86. The number of benzene rings is 3. The third-order valence-electron chi connectivity index (χ3n) is 5.63. The summed E-state index contributed by atoms with van der Waals surface area (Å²) >= 11 is 1.64. The largest absolute Gasteiger partial charge is 0.326 e. The van der Waals surface area contributed by atoms with Gasteiger partial charge in [-0.15, -0.1) is 11.8 Å². The minimum Gasteiger partial charge on any atom is -0.326 e. The monoisotopic (exact) mass is 430 g/mol. The number of rotatable bonds is 6. The Morgan fingerprint density at radius 2 is 1.65 bits per heavy atom. The van der Waals surface area contributed by atoms with Crippen LogP contribution < -0.4 is 5.32 Å². The van der Waals surface area contributed by atoms with E-state index in [9.17, 15) is 9.59 Å². The molecule has 1 fully saturated rings. The quantitative estimate of drug-likeness (QED) is 0.572. The first-order valence-electron chi connectivity index (χ1n) is 10.5. The summed E-state index contributed by atoms with van der Waals surface area (Å²) in [6, 6.07) is 23.8. The van der Waals surface area contributed by atoms with E-state index in [1.807, 2.05) is 79.4 Å². The number of carbonyl (C=O) groups excluding carboxylic acids is 2. The van der Waals surface area contributed by atoms with Crippen LogP contribution in [-0.4, -0.2) is 29.0 Å². The van der Waals surface area contributed by atoms with Crippen LogP contribution in [0.15, 0.2) is 72.8 Å². The van der Waals surface area contributed by atoms with Crippen molar-refractivity contribution in [3.63, 3.8) is 0 Å². The number of hydrogen-bond donors (Lipinski definition) is 1. The minimum atomic E-state index is -0.125. The van der Waals surface area contributed by atoms with E-state index in [0.717, 1.165) is 28.8 Å². The van der Waals surface area contributed by atoms with Crippen LogP contribution >= 0.6 is 11.8 Å². The molecule has 4 rings (SSSR count). The Bertz CT molecular complexity index is 1060. The Morgan fingerprint density at radius 1 is 0.968 bits per heavy atom. The van der Waals surface area contributed by atoms with Crippen molar-refractivity contribution in [2.45, 2.75) is 25.6 Å². The summed E-state index contributed by atoms with van der Waals surface area (Å²) in [6.07, 6.45) is 0.833. The predicted octanol–water partition coefficient (Wildman–Crippen LogP) is 5.37. The number of carbonyl (C=O) groups is 2. The van der Waals surface area contributed by atoms with E-state index in [-0.39, 0.29) is 17.2 Å². The normalized spacial score (nSPS) is 15.9. The van der Waals surface area contributed by atoms with Gasteiger partial charge in [-0.25, -0.2) is 0 Å². The maximum atomic E-state index is 12.7. The predicted molar refractivity (Wildman–Crippen MR) is 127 cm³/mol. The molecule has 0 aliphatic carbocycles. The molecule has 0 radical (unpaired) electrons. The van der Waals surface area contributed by atoms with E-state index in [0.29, 0.717) is 17.9 Å². The van der Waals surface area contributed by atoms with E-state index in [4.69, 9.17) is 0 Å². The lowest BCUT2D eigenvalue weighted by molar-refractivity contribution is -0.128. The number of thioether (sulfide) groups is 1. The Morgan fingerprint density at radius 3 is 2.32 bits per heavy atom. The van der Waals surface area contributed by atoms with Crippen LogP contribution in [0.4, 0.5) is 5.69 Å². The number of anilines is 1. The molecular formula is C26H26N2O2S.